The van der Waals surface area contributed by atoms with E-state index in [1.54, 1.807) is 10.6 Å². The summed E-state index contributed by atoms with van der Waals surface area (Å²) in [4.78, 5) is 30.1. The molecular weight excluding hydrogens is 364 g/mol. The first kappa shape index (κ1) is 19.2. The molecule has 0 aliphatic heterocycles. The lowest BCUT2D eigenvalue weighted by molar-refractivity contribution is 0.0916. The average Bonchev–Trinajstić information content (AvgIpc) is 3.13. The first-order chi connectivity index (χ1) is 14.1. The third-order valence-electron chi connectivity index (χ3n) is 5.44. The number of pyridine rings is 1. The number of carbonyl (C=O) groups excluding carboxylic acids is 2. The van der Waals surface area contributed by atoms with E-state index < -0.39 is 0 Å². The number of hydrogen-bond acceptors (Lipinski definition) is 3. The molecule has 1 saturated carbocycles. The van der Waals surface area contributed by atoms with Crippen molar-refractivity contribution in [1.82, 2.24) is 20.0 Å². The summed E-state index contributed by atoms with van der Waals surface area (Å²) in [7, 11) is 0. The number of fused-ring (bicyclic) bond motifs is 1. The summed E-state index contributed by atoms with van der Waals surface area (Å²) in [6, 6.07) is 13.7. The molecule has 6 heteroatoms. The molecule has 1 fully saturated rings. The molecule has 3 aromatic rings. The molecule has 2 aromatic heterocycles. The van der Waals surface area contributed by atoms with Gasteiger partial charge in [0.2, 0.25) is 5.82 Å². The fourth-order valence-electron chi connectivity index (χ4n) is 3.95. The maximum Gasteiger partial charge on any atom is 0.287 e. The highest BCUT2D eigenvalue weighted by Crippen LogP contribution is 2.19. The molecule has 150 valence electrons. The second-order valence-corrected chi connectivity index (χ2v) is 7.72. The molecule has 4 rings (SSSR count). The molecule has 0 radical (unpaired) electrons. The first-order valence-electron chi connectivity index (χ1n) is 10.2. The number of aromatic nitrogens is 2. The van der Waals surface area contributed by atoms with Gasteiger partial charge in [0.1, 0.15) is 0 Å². The molecule has 0 spiro atoms. The summed E-state index contributed by atoms with van der Waals surface area (Å²) in [5.41, 5.74) is 3.07. The third-order valence-corrected chi connectivity index (χ3v) is 5.44. The monoisotopic (exact) mass is 390 g/mol. The maximum atomic E-state index is 12.9. The average molecular weight is 390 g/mol. The predicted octanol–water partition coefficient (Wildman–Crippen LogP) is 3.64. The van der Waals surface area contributed by atoms with Crippen LogP contribution in [0.1, 0.15) is 64.3 Å². The Morgan fingerprint density at radius 2 is 1.90 bits per heavy atom. The normalized spacial score (nSPS) is 14.7. The summed E-state index contributed by atoms with van der Waals surface area (Å²) < 4.78 is 1.69. The number of aryl methyl sites for hydroxylation is 1. The smallest absolute Gasteiger partial charge is 0.287 e. The predicted molar refractivity (Wildman–Crippen MR) is 112 cm³/mol. The summed E-state index contributed by atoms with van der Waals surface area (Å²) in [6.45, 7) is 2.43. The van der Waals surface area contributed by atoms with Crippen molar-refractivity contribution in [1.29, 1.82) is 0 Å². The minimum atomic E-state index is -0.285. The van der Waals surface area contributed by atoms with Crippen molar-refractivity contribution in [3.63, 3.8) is 0 Å². The molecule has 6 nitrogen and oxygen atoms in total. The molecule has 2 heterocycles. The quantitative estimate of drug-likeness (QED) is 0.698. The van der Waals surface area contributed by atoms with Gasteiger partial charge in [-0.1, -0.05) is 55.2 Å². The van der Waals surface area contributed by atoms with Crippen LogP contribution in [0.3, 0.4) is 0 Å². The highest BCUT2D eigenvalue weighted by atomic mass is 16.2. The van der Waals surface area contributed by atoms with Gasteiger partial charge >= 0.3 is 0 Å². The fraction of sp³-hybridized carbons (Fsp3) is 0.348. The molecule has 0 atom stereocenters. The molecule has 1 aliphatic rings. The van der Waals surface area contributed by atoms with Crippen LogP contribution in [0.5, 0.6) is 0 Å². The topological polar surface area (TPSA) is 75.5 Å². The number of benzene rings is 1. The Morgan fingerprint density at radius 1 is 1.07 bits per heavy atom. The van der Waals surface area contributed by atoms with Crippen molar-refractivity contribution in [2.24, 2.45) is 0 Å². The van der Waals surface area contributed by atoms with Gasteiger partial charge in [0, 0.05) is 18.8 Å². The number of hydrogen-bond donors (Lipinski definition) is 2. The molecule has 2 N–H and O–H groups in total. The van der Waals surface area contributed by atoms with Crippen molar-refractivity contribution in [2.45, 2.75) is 51.6 Å². The van der Waals surface area contributed by atoms with E-state index in [-0.39, 0.29) is 29.4 Å². The molecule has 2 amide bonds. The van der Waals surface area contributed by atoms with Gasteiger partial charge in [-0.05, 0) is 37.5 Å². The van der Waals surface area contributed by atoms with Crippen LogP contribution in [0.2, 0.25) is 0 Å². The van der Waals surface area contributed by atoms with E-state index in [4.69, 9.17) is 0 Å². The van der Waals surface area contributed by atoms with E-state index in [0.717, 1.165) is 36.8 Å². The third kappa shape index (κ3) is 4.31. The van der Waals surface area contributed by atoms with E-state index in [1.165, 1.54) is 6.42 Å². The van der Waals surface area contributed by atoms with E-state index in [0.29, 0.717) is 12.1 Å². The van der Waals surface area contributed by atoms with E-state index in [1.807, 2.05) is 49.4 Å². The zero-order valence-corrected chi connectivity index (χ0v) is 16.6. The number of amides is 2. The SMILES string of the molecule is Cc1cccc(CNC(=O)c2nc(C(=O)NC3CCCCC3)n3ccccc23)c1. The minimum Gasteiger partial charge on any atom is -0.347 e. The Morgan fingerprint density at radius 3 is 2.69 bits per heavy atom. The van der Waals surface area contributed by atoms with Crippen LogP contribution >= 0.6 is 0 Å². The lowest BCUT2D eigenvalue weighted by Gasteiger charge is -2.22. The van der Waals surface area contributed by atoms with E-state index in [2.05, 4.69) is 15.6 Å². The minimum absolute atomic E-state index is 0.186. The number of nitrogens with zero attached hydrogens (tertiary/aromatic N) is 2. The highest BCUT2D eigenvalue weighted by Gasteiger charge is 2.23. The molecule has 29 heavy (non-hydrogen) atoms. The van der Waals surface area contributed by atoms with Gasteiger partial charge in [-0.2, -0.15) is 0 Å². The maximum absolute atomic E-state index is 12.9. The Balaban J connectivity index is 1.54. The number of carbonyl (C=O) groups is 2. The summed E-state index contributed by atoms with van der Waals surface area (Å²) in [5.74, 6) is -0.255. The zero-order chi connectivity index (χ0) is 20.2. The largest absolute Gasteiger partial charge is 0.347 e. The second-order valence-electron chi connectivity index (χ2n) is 7.72. The summed E-state index contributed by atoms with van der Waals surface area (Å²) in [6.07, 6.45) is 7.27. The lowest BCUT2D eigenvalue weighted by Crippen LogP contribution is -2.37. The van der Waals surface area contributed by atoms with Crippen LogP contribution in [-0.4, -0.2) is 27.2 Å². The molecule has 0 unspecified atom stereocenters. The van der Waals surface area contributed by atoms with Gasteiger partial charge < -0.3 is 10.6 Å². The Hall–Kier alpha value is -3.15. The van der Waals surface area contributed by atoms with Crippen LogP contribution in [0.15, 0.2) is 48.7 Å². The van der Waals surface area contributed by atoms with Gasteiger partial charge in [-0.3, -0.25) is 14.0 Å². The fourth-order valence-corrected chi connectivity index (χ4v) is 3.95. The highest BCUT2D eigenvalue weighted by molar-refractivity contribution is 6.02. The van der Waals surface area contributed by atoms with Crippen LogP contribution in [0, 0.1) is 6.92 Å². The van der Waals surface area contributed by atoms with Crippen LogP contribution < -0.4 is 10.6 Å². The Labute approximate surface area is 170 Å². The standard InChI is InChI=1S/C23H26N4O2/c1-16-8-7-9-17(14-16)15-24-22(28)20-19-12-5-6-13-27(19)21(26-20)23(29)25-18-10-3-2-4-11-18/h5-9,12-14,18H,2-4,10-11,15H2,1H3,(H,24,28)(H,25,29). The van der Waals surface area contributed by atoms with Crippen molar-refractivity contribution < 1.29 is 9.59 Å². The van der Waals surface area contributed by atoms with Crippen molar-refractivity contribution in [3.8, 4) is 0 Å². The van der Waals surface area contributed by atoms with Crippen LogP contribution in [0.25, 0.3) is 5.52 Å². The molecule has 0 saturated heterocycles. The molecule has 0 bridgehead atoms. The number of rotatable bonds is 5. The van der Waals surface area contributed by atoms with Crippen molar-refractivity contribution >= 4 is 17.3 Å². The molecule has 1 aliphatic carbocycles. The zero-order valence-electron chi connectivity index (χ0n) is 16.6. The van der Waals surface area contributed by atoms with Gasteiger partial charge in [0.15, 0.2) is 5.69 Å². The van der Waals surface area contributed by atoms with Crippen LogP contribution in [0.4, 0.5) is 0 Å². The Kier molecular flexibility index (Phi) is 5.60. The van der Waals surface area contributed by atoms with Crippen LogP contribution in [-0.2, 0) is 6.54 Å². The van der Waals surface area contributed by atoms with Gasteiger partial charge in [-0.25, -0.2) is 4.98 Å². The van der Waals surface area contributed by atoms with Gasteiger partial charge in [0.25, 0.3) is 11.8 Å². The lowest BCUT2D eigenvalue weighted by atomic mass is 9.95. The van der Waals surface area contributed by atoms with Crippen molar-refractivity contribution in [2.75, 3.05) is 0 Å². The first-order valence-corrected chi connectivity index (χ1v) is 10.2. The van der Waals surface area contributed by atoms with Gasteiger partial charge in [-0.15, -0.1) is 0 Å². The number of nitrogens with one attached hydrogen (secondary N) is 2. The van der Waals surface area contributed by atoms with E-state index >= 15 is 0 Å². The van der Waals surface area contributed by atoms with E-state index in [9.17, 15) is 9.59 Å². The summed E-state index contributed by atoms with van der Waals surface area (Å²) in [5, 5.41) is 6.01. The molecule has 1 aromatic carbocycles. The second kappa shape index (κ2) is 8.47. The van der Waals surface area contributed by atoms with Crippen molar-refractivity contribution in [3.05, 3.63) is 71.3 Å². The summed E-state index contributed by atoms with van der Waals surface area (Å²) >= 11 is 0. The number of imidazole rings is 1. The Bertz CT molecular complexity index is 1030. The molecular formula is C23H26N4O2. The van der Waals surface area contributed by atoms with Gasteiger partial charge in [0.05, 0.1) is 5.52 Å².